The predicted molar refractivity (Wildman–Crippen MR) is 75.1 cm³/mol. The monoisotopic (exact) mass is 330 g/mol. The summed E-state index contributed by atoms with van der Waals surface area (Å²) in [7, 11) is 0. The summed E-state index contributed by atoms with van der Waals surface area (Å²) in [6, 6.07) is 12.3. The van der Waals surface area contributed by atoms with Crippen LogP contribution in [0.2, 0.25) is 5.02 Å². The molecule has 0 aliphatic carbocycles. The summed E-state index contributed by atoms with van der Waals surface area (Å²) in [6.07, 6.45) is 0. The van der Waals surface area contributed by atoms with Crippen LogP contribution in [-0.2, 0) is 5.75 Å². The lowest BCUT2D eigenvalue weighted by Gasteiger charge is -2.05. The zero-order chi connectivity index (χ0) is 12.3. The van der Waals surface area contributed by atoms with E-state index in [0.717, 1.165) is 14.9 Å². The molecule has 2 aromatic carbocycles. The second kappa shape index (κ2) is 5.89. The third-order valence-electron chi connectivity index (χ3n) is 2.20. The maximum absolute atomic E-state index is 13.1. The van der Waals surface area contributed by atoms with Crippen molar-refractivity contribution < 1.29 is 4.39 Å². The first-order valence-corrected chi connectivity index (χ1v) is 7.13. The van der Waals surface area contributed by atoms with Crippen LogP contribution in [0.4, 0.5) is 4.39 Å². The summed E-state index contributed by atoms with van der Waals surface area (Å²) in [4.78, 5) is 1.08. The predicted octanol–water partition coefficient (Wildman–Crippen LogP) is 5.53. The lowest BCUT2D eigenvalue weighted by molar-refractivity contribution is 0.626. The molecule has 0 saturated carbocycles. The molecule has 0 aliphatic rings. The number of hydrogen-bond donors (Lipinski definition) is 0. The van der Waals surface area contributed by atoms with Crippen LogP contribution in [0.3, 0.4) is 0 Å². The fraction of sp³-hybridized carbons (Fsp3) is 0.0769. The van der Waals surface area contributed by atoms with E-state index in [0.29, 0.717) is 10.8 Å². The molecule has 0 spiro atoms. The largest absolute Gasteiger partial charge is 0.207 e. The van der Waals surface area contributed by atoms with Crippen LogP contribution >= 0.6 is 39.3 Å². The first-order valence-electron chi connectivity index (χ1n) is 4.97. The molecule has 0 unspecified atom stereocenters. The lowest BCUT2D eigenvalue weighted by Crippen LogP contribution is -1.85. The van der Waals surface area contributed by atoms with Gasteiger partial charge in [0.15, 0.2) is 0 Å². The van der Waals surface area contributed by atoms with Crippen molar-refractivity contribution in [2.24, 2.45) is 0 Å². The molecule has 0 nitrogen and oxygen atoms in total. The minimum absolute atomic E-state index is 0.213. The fourth-order valence-electron chi connectivity index (χ4n) is 1.37. The summed E-state index contributed by atoms with van der Waals surface area (Å²) in [6.45, 7) is 0. The Hall–Kier alpha value is -0.510. The molecule has 0 saturated heterocycles. The summed E-state index contributed by atoms with van der Waals surface area (Å²) in [5.74, 6) is 0.494. The Morgan fingerprint density at radius 2 is 2.00 bits per heavy atom. The van der Waals surface area contributed by atoms with Gasteiger partial charge in [0.1, 0.15) is 5.82 Å². The van der Waals surface area contributed by atoms with Gasteiger partial charge >= 0.3 is 0 Å². The summed E-state index contributed by atoms with van der Waals surface area (Å²) < 4.78 is 14.0. The van der Waals surface area contributed by atoms with E-state index >= 15 is 0 Å². The van der Waals surface area contributed by atoms with Crippen LogP contribution in [0.1, 0.15) is 5.56 Å². The highest BCUT2D eigenvalue weighted by molar-refractivity contribution is 9.10. The highest BCUT2D eigenvalue weighted by Gasteiger charge is 2.03. The zero-order valence-corrected chi connectivity index (χ0v) is 11.9. The molecule has 0 aromatic heterocycles. The Bertz CT molecular complexity index is 531. The van der Waals surface area contributed by atoms with Gasteiger partial charge in [0, 0.05) is 20.1 Å². The molecule has 2 aromatic rings. The molecule has 17 heavy (non-hydrogen) atoms. The molecule has 0 radical (unpaired) electrons. The third kappa shape index (κ3) is 3.73. The van der Waals surface area contributed by atoms with Crippen molar-refractivity contribution in [3.8, 4) is 0 Å². The van der Waals surface area contributed by atoms with E-state index in [1.54, 1.807) is 23.9 Å². The maximum atomic E-state index is 13.1. The quantitative estimate of drug-likeness (QED) is 0.666. The lowest BCUT2D eigenvalue weighted by atomic mass is 10.2. The van der Waals surface area contributed by atoms with Gasteiger partial charge in [-0.2, -0.15) is 0 Å². The molecule has 0 bridgehead atoms. The average molecular weight is 332 g/mol. The molecular weight excluding hydrogens is 323 g/mol. The van der Waals surface area contributed by atoms with Crippen molar-refractivity contribution in [1.82, 2.24) is 0 Å². The summed E-state index contributed by atoms with van der Waals surface area (Å²) >= 11 is 10.9. The Balaban J connectivity index is 2.09. The molecule has 0 fully saturated rings. The minimum atomic E-state index is -0.213. The standard InChI is InChI=1S/C13H9BrClFS/c14-13-5-4-11(16)6-9(13)8-17-12-3-1-2-10(15)7-12/h1-7H,8H2. The molecule has 0 heterocycles. The SMILES string of the molecule is Fc1ccc(Br)c(CSc2cccc(Cl)c2)c1. The number of hydrogen-bond acceptors (Lipinski definition) is 1. The minimum Gasteiger partial charge on any atom is -0.207 e. The zero-order valence-electron chi connectivity index (χ0n) is 8.79. The molecule has 4 heteroatoms. The Morgan fingerprint density at radius 1 is 1.18 bits per heavy atom. The van der Waals surface area contributed by atoms with Gasteiger partial charge in [-0.1, -0.05) is 33.6 Å². The summed E-state index contributed by atoms with van der Waals surface area (Å²) in [5, 5.41) is 0.716. The van der Waals surface area contributed by atoms with Crippen molar-refractivity contribution >= 4 is 39.3 Å². The second-order valence-electron chi connectivity index (χ2n) is 3.48. The normalized spacial score (nSPS) is 10.5. The van der Waals surface area contributed by atoms with Gasteiger partial charge in [0.05, 0.1) is 0 Å². The van der Waals surface area contributed by atoms with Crippen LogP contribution in [0.15, 0.2) is 51.8 Å². The van der Waals surface area contributed by atoms with Crippen molar-refractivity contribution in [2.45, 2.75) is 10.6 Å². The molecule has 0 aliphatic heterocycles. The number of thioether (sulfide) groups is 1. The Kier molecular flexibility index (Phi) is 4.48. The van der Waals surface area contributed by atoms with Crippen LogP contribution in [-0.4, -0.2) is 0 Å². The number of benzene rings is 2. The van der Waals surface area contributed by atoms with Crippen LogP contribution in [0, 0.1) is 5.82 Å². The Labute approximate surface area is 117 Å². The molecule has 0 atom stereocenters. The molecule has 2 rings (SSSR count). The first-order chi connectivity index (χ1) is 8.15. The van der Waals surface area contributed by atoms with Crippen LogP contribution in [0.5, 0.6) is 0 Å². The van der Waals surface area contributed by atoms with E-state index in [1.165, 1.54) is 6.07 Å². The first kappa shape index (κ1) is 12.9. The van der Waals surface area contributed by atoms with E-state index in [4.69, 9.17) is 11.6 Å². The van der Waals surface area contributed by atoms with Crippen molar-refractivity contribution in [1.29, 1.82) is 0 Å². The van der Waals surface area contributed by atoms with Gasteiger partial charge in [-0.25, -0.2) is 4.39 Å². The fourth-order valence-corrected chi connectivity index (χ4v) is 3.15. The van der Waals surface area contributed by atoms with E-state index < -0.39 is 0 Å². The summed E-state index contributed by atoms with van der Waals surface area (Å²) in [5.41, 5.74) is 0.940. The smallest absolute Gasteiger partial charge is 0.123 e. The van der Waals surface area contributed by atoms with Gasteiger partial charge in [0.25, 0.3) is 0 Å². The van der Waals surface area contributed by atoms with Gasteiger partial charge in [0.2, 0.25) is 0 Å². The van der Waals surface area contributed by atoms with Crippen LogP contribution in [0.25, 0.3) is 0 Å². The van der Waals surface area contributed by atoms with Gasteiger partial charge < -0.3 is 0 Å². The molecule has 0 N–H and O–H groups in total. The average Bonchev–Trinajstić information content (AvgIpc) is 2.30. The topological polar surface area (TPSA) is 0 Å². The van der Waals surface area contributed by atoms with Crippen molar-refractivity contribution in [3.63, 3.8) is 0 Å². The van der Waals surface area contributed by atoms with E-state index in [-0.39, 0.29) is 5.82 Å². The van der Waals surface area contributed by atoms with Gasteiger partial charge in [-0.05, 0) is 42.0 Å². The van der Waals surface area contributed by atoms with Crippen molar-refractivity contribution in [3.05, 3.63) is 63.3 Å². The highest BCUT2D eigenvalue weighted by atomic mass is 79.9. The second-order valence-corrected chi connectivity index (χ2v) is 5.82. The van der Waals surface area contributed by atoms with Gasteiger partial charge in [-0.15, -0.1) is 11.8 Å². The maximum Gasteiger partial charge on any atom is 0.123 e. The van der Waals surface area contributed by atoms with E-state index in [2.05, 4.69) is 15.9 Å². The highest BCUT2D eigenvalue weighted by Crippen LogP contribution is 2.28. The Morgan fingerprint density at radius 3 is 2.76 bits per heavy atom. The van der Waals surface area contributed by atoms with Crippen molar-refractivity contribution in [2.75, 3.05) is 0 Å². The van der Waals surface area contributed by atoms with Crippen LogP contribution < -0.4 is 0 Å². The van der Waals surface area contributed by atoms with Gasteiger partial charge in [-0.3, -0.25) is 0 Å². The van der Waals surface area contributed by atoms with E-state index in [1.807, 2.05) is 24.3 Å². The molecule has 0 amide bonds. The molecule has 88 valence electrons. The third-order valence-corrected chi connectivity index (χ3v) is 4.25. The number of rotatable bonds is 3. The molecular formula is C13H9BrClFS. The van der Waals surface area contributed by atoms with E-state index in [9.17, 15) is 4.39 Å². The number of halogens is 3.